The highest BCUT2D eigenvalue weighted by Crippen LogP contribution is 2.32. The largest absolute Gasteiger partial charge is 0.452 e. The molecule has 28 heavy (non-hydrogen) atoms. The fourth-order valence-corrected chi connectivity index (χ4v) is 2.89. The molecule has 0 fully saturated rings. The van der Waals surface area contributed by atoms with Crippen LogP contribution in [0.15, 0.2) is 58.3 Å². The molecule has 0 spiro atoms. The number of carbonyl (C=O) groups is 2. The van der Waals surface area contributed by atoms with Crippen molar-refractivity contribution in [3.05, 3.63) is 64.2 Å². The molecular weight excluding hydrogens is 401 g/mol. The van der Waals surface area contributed by atoms with Crippen LogP contribution in [0.2, 0.25) is 0 Å². The molecule has 0 heterocycles. The lowest BCUT2D eigenvalue weighted by molar-refractivity contribution is -0.384. The molecule has 11 heteroatoms. The number of halogens is 3. The van der Waals surface area contributed by atoms with Gasteiger partial charge in [-0.25, -0.2) is 4.79 Å². The third-order valence-electron chi connectivity index (χ3n) is 3.19. The summed E-state index contributed by atoms with van der Waals surface area (Å²) in [5.74, 6) is -2.21. The van der Waals surface area contributed by atoms with Crippen LogP contribution in [0.3, 0.4) is 0 Å². The third-order valence-corrected chi connectivity index (χ3v) is 4.27. The van der Waals surface area contributed by atoms with E-state index in [1.54, 1.807) is 35.6 Å². The van der Waals surface area contributed by atoms with Crippen LogP contribution >= 0.6 is 11.8 Å². The Morgan fingerprint density at radius 1 is 1.14 bits per heavy atom. The van der Waals surface area contributed by atoms with Gasteiger partial charge in [-0.15, -0.1) is 0 Å². The van der Waals surface area contributed by atoms with Crippen LogP contribution in [0, 0.1) is 10.1 Å². The van der Waals surface area contributed by atoms with Crippen LogP contribution in [-0.2, 0) is 9.53 Å². The van der Waals surface area contributed by atoms with E-state index in [4.69, 9.17) is 4.74 Å². The molecule has 2 rings (SSSR count). The highest BCUT2D eigenvalue weighted by Gasteiger charge is 2.28. The standard InChI is InChI=1S/C17H13F3N2O5S/c18-17(19,20)10-21-15(23)9-27-16(24)13-8-11(22(25)26)6-7-14(13)28-12-4-2-1-3-5-12/h1-8H,9-10H2,(H,21,23). The Hall–Kier alpha value is -3.08. The topological polar surface area (TPSA) is 98.5 Å². The first-order valence-electron chi connectivity index (χ1n) is 7.67. The maximum atomic E-state index is 12.3. The molecule has 7 nitrogen and oxygen atoms in total. The zero-order valence-electron chi connectivity index (χ0n) is 14.1. The van der Waals surface area contributed by atoms with Crippen LogP contribution in [0.25, 0.3) is 0 Å². The number of hydrogen-bond donors (Lipinski definition) is 1. The number of nitro groups is 1. The lowest BCUT2D eigenvalue weighted by Crippen LogP contribution is -2.36. The van der Waals surface area contributed by atoms with Gasteiger partial charge >= 0.3 is 12.1 Å². The zero-order chi connectivity index (χ0) is 20.7. The maximum Gasteiger partial charge on any atom is 0.405 e. The quantitative estimate of drug-likeness (QED) is 0.422. The number of nitro benzene ring substituents is 1. The predicted octanol–water partition coefficient (Wildman–Crippen LogP) is 3.58. The minimum Gasteiger partial charge on any atom is -0.452 e. The number of non-ortho nitro benzene ring substituents is 1. The number of rotatable bonds is 7. The first kappa shape index (κ1) is 21.2. The Bertz CT molecular complexity index is 875. The number of ether oxygens (including phenoxy) is 1. The molecule has 148 valence electrons. The molecule has 0 aliphatic rings. The Morgan fingerprint density at radius 3 is 2.43 bits per heavy atom. The summed E-state index contributed by atoms with van der Waals surface area (Å²) >= 11 is 1.14. The molecule has 0 radical (unpaired) electrons. The number of nitrogens with zero attached hydrogens (tertiary/aromatic N) is 1. The lowest BCUT2D eigenvalue weighted by atomic mass is 10.2. The van der Waals surface area contributed by atoms with E-state index in [1.165, 1.54) is 12.1 Å². The van der Waals surface area contributed by atoms with Gasteiger partial charge in [0.1, 0.15) is 6.54 Å². The molecule has 1 amide bonds. The molecule has 0 unspecified atom stereocenters. The summed E-state index contributed by atoms with van der Waals surface area (Å²) in [4.78, 5) is 35.0. The number of hydrogen-bond acceptors (Lipinski definition) is 6. The first-order valence-corrected chi connectivity index (χ1v) is 8.49. The number of benzene rings is 2. The Balaban J connectivity index is 2.14. The molecule has 0 atom stereocenters. The molecule has 0 aliphatic heterocycles. The molecule has 0 saturated carbocycles. The minimum atomic E-state index is -4.60. The molecule has 0 saturated heterocycles. The van der Waals surface area contributed by atoms with Crippen LogP contribution in [0.1, 0.15) is 10.4 Å². The Labute approximate surface area is 161 Å². The summed E-state index contributed by atoms with van der Waals surface area (Å²) in [7, 11) is 0. The lowest BCUT2D eigenvalue weighted by Gasteiger charge is -2.11. The summed E-state index contributed by atoms with van der Waals surface area (Å²) < 4.78 is 40.9. The van der Waals surface area contributed by atoms with E-state index < -0.39 is 36.1 Å². The van der Waals surface area contributed by atoms with Gasteiger partial charge in [0.25, 0.3) is 11.6 Å². The van der Waals surface area contributed by atoms with Crippen molar-refractivity contribution in [2.24, 2.45) is 0 Å². The summed E-state index contributed by atoms with van der Waals surface area (Å²) in [5.41, 5.74) is -0.544. The fourth-order valence-electron chi connectivity index (χ4n) is 1.95. The van der Waals surface area contributed by atoms with Crippen molar-refractivity contribution in [1.82, 2.24) is 5.32 Å². The minimum absolute atomic E-state index is 0.174. The van der Waals surface area contributed by atoms with Crippen molar-refractivity contribution in [3.8, 4) is 0 Å². The van der Waals surface area contributed by atoms with Crippen molar-refractivity contribution in [2.75, 3.05) is 13.2 Å². The van der Waals surface area contributed by atoms with E-state index in [9.17, 15) is 32.9 Å². The molecular formula is C17H13F3N2O5S. The van der Waals surface area contributed by atoms with Gasteiger partial charge in [0.05, 0.1) is 10.5 Å². The number of nitrogens with one attached hydrogen (secondary N) is 1. The average Bonchev–Trinajstić information content (AvgIpc) is 2.64. The number of esters is 1. The monoisotopic (exact) mass is 414 g/mol. The molecule has 0 aliphatic carbocycles. The second-order valence-electron chi connectivity index (χ2n) is 5.32. The van der Waals surface area contributed by atoms with Crippen molar-refractivity contribution < 1.29 is 32.4 Å². The molecule has 0 bridgehead atoms. The number of carbonyl (C=O) groups excluding carboxylic acids is 2. The molecule has 2 aromatic carbocycles. The van der Waals surface area contributed by atoms with Gasteiger partial charge in [-0.2, -0.15) is 13.2 Å². The third kappa shape index (κ3) is 6.58. The Morgan fingerprint density at radius 2 is 1.82 bits per heavy atom. The van der Waals surface area contributed by atoms with Gasteiger partial charge < -0.3 is 10.1 Å². The summed E-state index contributed by atoms with van der Waals surface area (Å²) in [6, 6.07) is 12.4. The number of alkyl halides is 3. The molecule has 0 aromatic heterocycles. The van der Waals surface area contributed by atoms with Gasteiger partial charge in [-0.1, -0.05) is 30.0 Å². The Kier molecular flexibility index (Phi) is 6.99. The SMILES string of the molecule is O=C(COC(=O)c1cc([N+](=O)[O-])ccc1Sc1ccccc1)NCC(F)(F)F. The smallest absolute Gasteiger partial charge is 0.405 e. The average molecular weight is 414 g/mol. The van der Waals surface area contributed by atoms with Gasteiger partial charge in [0, 0.05) is 21.9 Å². The zero-order valence-corrected chi connectivity index (χ0v) is 14.9. The molecule has 2 aromatic rings. The van der Waals surface area contributed by atoms with E-state index in [1.807, 2.05) is 0 Å². The second kappa shape index (κ2) is 9.22. The van der Waals surface area contributed by atoms with Gasteiger partial charge in [-0.3, -0.25) is 14.9 Å². The highest BCUT2D eigenvalue weighted by atomic mass is 32.2. The van der Waals surface area contributed by atoms with Gasteiger partial charge in [0.15, 0.2) is 6.61 Å². The summed E-state index contributed by atoms with van der Waals surface area (Å²) in [6.07, 6.45) is -4.60. The second-order valence-corrected chi connectivity index (χ2v) is 6.44. The van der Waals surface area contributed by atoms with Gasteiger partial charge in [0.2, 0.25) is 0 Å². The van der Waals surface area contributed by atoms with E-state index >= 15 is 0 Å². The highest BCUT2D eigenvalue weighted by molar-refractivity contribution is 7.99. The van der Waals surface area contributed by atoms with Crippen LogP contribution in [-0.4, -0.2) is 36.1 Å². The van der Waals surface area contributed by atoms with Crippen LogP contribution in [0.5, 0.6) is 0 Å². The fraction of sp³-hybridized carbons (Fsp3) is 0.176. The van der Waals surface area contributed by atoms with Crippen LogP contribution in [0.4, 0.5) is 18.9 Å². The maximum absolute atomic E-state index is 12.3. The van der Waals surface area contributed by atoms with E-state index in [2.05, 4.69) is 0 Å². The first-order chi connectivity index (χ1) is 13.2. The van der Waals surface area contributed by atoms with Crippen molar-refractivity contribution in [1.29, 1.82) is 0 Å². The van der Waals surface area contributed by atoms with Crippen molar-refractivity contribution in [3.63, 3.8) is 0 Å². The van der Waals surface area contributed by atoms with Crippen molar-refractivity contribution >= 4 is 29.3 Å². The summed E-state index contributed by atoms with van der Waals surface area (Å²) in [6.45, 7) is -2.51. The predicted molar refractivity (Wildman–Crippen MR) is 93.0 cm³/mol. The normalized spacial score (nSPS) is 11.0. The molecule has 1 N–H and O–H groups in total. The van der Waals surface area contributed by atoms with E-state index in [0.717, 1.165) is 22.7 Å². The van der Waals surface area contributed by atoms with Gasteiger partial charge in [-0.05, 0) is 18.2 Å². The number of amides is 1. The summed E-state index contributed by atoms with van der Waals surface area (Å²) in [5, 5.41) is 12.5. The van der Waals surface area contributed by atoms with Crippen molar-refractivity contribution in [2.45, 2.75) is 16.0 Å². The van der Waals surface area contributed by atoms with Crippen LogP contribution < -0.4 is 5.32 Å². The van der Waals surface area contributed by atoms with E-state index in [-0.39, 0.29) is 11.3 Å². The van der Waals surface area contributed by atoms with E-state index in [0.29, 0.717) is 4.90 Å².